The first-order valence-electron chi connectivity index (χ1n) is 10.2. The van der Waals surface area contributed by atoms with E-state index in [0.29, 0.717) is 0 Å². The van der Waals surface area contributed by atoms with E-state index in [0.717, 1.165) is 0 Å². The second kappa shape index (κ2) is 13.2. The summed E-state index contributed by atoms with van der Waals surface area (Å²) in [5.74, 6) is -3.17. The summed E-state index contributed by atoms with van der Waals surface area (Å²) in [5.41, 5.74) is 2.45. The Labute approximate surface area is 186 Å². The van der Waals surface area contributed by atoms with E-state index >= 15 is 0 Å². The van der Waals surface area contributed by atoms with Crippen LogP contribution in [0.1, 0.15) is 27.7 Å². The van der Waals surface area contributed by atoms with E-state index in [1.54, 1.807) is 53.9 Å². The van der Waals surface area contributed by atoms with Crippen molar-refractivity contribution < 1.29 is 42.2 Å². The molecule has 0 saturated carbocycles. The van der Waals surface area contributed by atoms with Gasteiger partial charge in [-0.3, -0.25) is 0 Å². The quantitative estimate of drug-likeness (QED) is 0.105. The van der Waals surface area contributed by atoms with Gasteiger partial charge in [0.15, 0.2) is 16.6 Å². The molecular weight excluding hydrogens is 440 g/mol. The third-order valence-corrected chi connectivity index (χ3v) is 9.67. The maximum absolute atomic E-state index is 12.3. The maximum atomic E-state index is 12.3. The SMILES string of the molecule is CCOC(=O)C(=C[Si](C)(C)O[Si](C)(C)C=C(C(=O)OCC)C(=O)OCC)C(=O)OCC. The minimum absolute atomic E-state index is 0.101. The molecule has 0 atom stereocenters. The topological polar surface area (TPSA) is 114 Å². The average Bonchev–Trinajstić information content (AvgIpc) is 2.64. The van der Waals surface area contributed by atoms with E-state index in [2.05, 4.69) is 0 Å². The lowest BCUT2D eigenvalue weighted by Crippen LogP contribution is -2.44. The maximum Gasteiger partial charge on any atom is 0.344 e. The van der Waals surface area contributed by atoms with Crippen LogP contribution >= 0.6 is 0 Å². The summed E-state index contributed by atoms with van der Waals surface area (Å²) in [5, 5.41) is 0. The first-order valence-corrected chi connectivity index (χ1v) is 16.2. The molecule has 0 amide bonds. The van der Waals surface area contributed by atoms with Crippen LogP contribution in [0.25, 0.3) is 0 Å². The first-order chi connectivity index (χ1) is 14.3. The van der Waals surface area contributed by atoms with Gasteiger partial charge in [-0.1, -0.05) is 0 Å². The zero-order valence-electron chi connectivity index (χ0n) is 19.7. The molecule has 0 heterocycles. The monoisotopic (exact) mass is 474 g/mol. The average molecular weight is 475 g/mol. The summed E-state index contributed by atoms with van der Waals surface area (Å²) in [6.07, 6.45) is 0. The van der Waals surface area contributed by atoms with Gasteiger partial charge in [0, 0.05) is 0 Å². The van der Waals surface area contributed by atoms with Gasteiger partial charge in [-0.2, -0.15) is 0 Å². The molecule has 0 aliphatic heterocycles. The molecule has 0 fully saturated rings. The molecule has 11 heteroatoms. The van der Waals surface area contributed by atoms with Crippen molar-refractivity contribution in [2.75, 3.05) is 26.4 Å². The molecule has 0 aromatic heterocycles. The van der Waals surface area contributed by atoms with Gasteiger partial charge >= 0.3 is 23.9 Å². The van der Waals surface area contributed by atoms with Gasteiger partial charge in [0.05, 0.1) is 26.4 Å². The van der Waals surface area contributed by atoms with E-state index in [9.17, 15) is 19.2 Å². The van der Waals surface area contributed by atoms with Crippen LogP contribution in [0.15, 0.2) is 22.5 Å². The number of carbonyl (C=O) groups is 4. The van der Waals surface area contributed by atoms with Gasteiger partial charge in [0.2, 0.25) is 0 Å². The number of ether oxygens (including phenoxy) is 4. The van der Waals surface area contributed by atoms with Crippen molar-refractivity contribution in [3.05, 3.63) is 22.5 Å². The third-order valence-electron chi connectivity index (χ3n) is 3.49. The third kappa shape index (κ3) is 10.6. The van der Waals surface area contributed by atoms with Crippen LogP contribution in [0.5, 0.6) is 0 Å². The number of carbonyl (C=O) groups excluding carboxylic acids is 4. The van der Waals surface area contributed by atoms with Crippen molar-refractivity contribution >= 4 is 40.5 Å². The molecular formula is C20H34O9Si2. The highest BCUT2D eigenvalue weighted by Crippen LogP contribution is 2.21. The Morgan fingerprint density at radius 3 is 0.968 bits per heavy atom. The van der Waals surface area contributed by atoms with Gasteiger partial charge in [0.1, 0.15) is 11.1 Å². The summed E-state index contributed by atoms with van der Waals surface area (Å²) in [6.45, 7) is 14.1. The van der Waals surface area contributed by atoms with Crippen molar-refractivity contribution in [2.45, 2.75) is 53.9 Å². The van der Waals surface area contributed by atoms with Crippen LogP contribution in [-0.2, 0) is 42.2 Å². The largest absolute Gasteiger partial charge is 0.462 e. The Morgan fingerprint density at radius 2 is 0.774 bits per heavy atom. The highest BCUT2D eigenvalue weighted by molar-refractivity contribution is 6.90. The fraction of sp³-hybridized carbons (Fsp3) is 0.600. The van der Waals surface area contributed by atoms with E-state index in [1.165, 1.54) is 11.4 Å². The molecule has 0 aromatic rings. The number of rotatable bonds is 12. The standard InChI is InChI=1S/C20H34O9Si2/c1-9-25-17(21)15(18(22)26-10-2)13-30(5,6)29-31(7,8)14-16(19(23)27-11-3)20(24)28-12-4/h13-14H,9-12H2,1-8H3. The molecule has 9 nitrogen and oxygen atoms in total. The lowest BCUT2D eigenvalue weighted by Gasteiger charge is -2.30. The van der Waals surface area contributed by atoms with Crippen LogP contribution in [-0.4, -0.2) is 66.9 Å². The fourth-order valence-corrected chi connectivity index (χ4v) is 10.4. The van der Waals surface area contributed by atoms with Crippen LogP contribution in [0.3, 0.4) is 0 Å². The molecule has 0 aliphatic carbocycles. The Hall–Kier alpha value is -2.25. The van der Waals surface area contributed by atoms with Crippen molar-refractivity contribution in [3.63, 3.8) is 0 Å². The molecule has 0 aromatic carbocycles. The van der Waals surface area contributed by atoms with Gasteiger partial charge in [-0.05, 0) is 65.3 Å². The van der Waals surface area contributed by atoms with Crippen LogP contribution < -0.4 is 0 Å². The molecule has 0 rings (SSSR count). The molecule has 0 saturated heterocycles. The van der Waals surface area contributed by atoms with E-state index in [-0.39, 0.29) is 37.6 Å². The van der Waals surface area contributed by atoms with E-state index in [1.807, 2.05) is 0 Å². The van der Waals surface area contributed by atoms with E-state index in [4.69, 9.17) is 23.1 Å². The number of hydrogen-bond donors (Lipinski definition) is 0. The normalized spacial score (nSPS) is 11.1. The highest BCUT2D eigenvalue weighted by Gasteiger charge is 2.36. The molecule has 0 bridgehead atoms. The first kappa shape index (κ1) is 28.8. The lowest BCUT2D eigenvalue weighted by molar-refractivity contribution is -0.148. The second-order valence-corrected chi connectivity index (χ2v) is 15.1. The summed E-state index contributed by atoms with van der Waals surface area (Å²) in [7, 11) is -5.62. The molecule has 0 unspecified atom stereocenters. The van der Waals surface area contributed by atoms with Crippen molar-refractivity contribution in [1.29, 1.82) is 0 Å². The Morgan fingerprint density at radius 1 is 0.548 bits per heavy atom. The summed E-state index contributed by atoms with van der Waals surface area (Å²) in [4.78, 5) is 49.0. The summed E-state index contributed by atoms with van der Waals surface area (Å²) >= 11 is 0. The molecule has 31 heavy (non-hydrogen) atoms. The second-order valence-electron chi connectivity index (χ2n) is 7.31. The smallest absolute Gasteiger partial charge is 0.344 e. The van der Waals surface area contributed by atoms with Crippen LogP contribution in [0, 0.1) is 0 Å². The number of esters is 4. The Bertz CT molecular complexity index is 624. The van der Waals surface area contributed by atoms with Gasteiger partial charge in [-0.25, -0.2) is 19.2 Å². The van der Waals surface area contributed by atoms with Crippen molar-refractivity contribution in [2.24, 2.45) is 0 Å². The fourth-order valence-electron chi connectivity index (χ4n) is 2.67. The Balaban J connectivity index is 6.02. The molecule has 0 radical (unpaired) electrons. The van der Waals surface area contributed by atoms with Gasteiger partial charge in [0.25, 0.3) is 0 Å². The van der Waals surface area contributed by atoms with Crippen molar-refractivity contribution in [3.8, 4) is 0 Å². The van der Waals surface area contributed by atoms with Crippen LogP contribution in [0.4, 0.5) is 0 Å². The highest BCUT2D eigenvalue weighted by atomic mass is 28.4. The molecule has 176 valence electrons. The summed E-state index contributed by atoms with van der Waals surface area (Å²) < 4.78 is 26.2. The molecule has 0 aliphatic rings. The zero-order chi connectivity index (χ0) is 24.2. The summed E-state index contributed by atoms with van der Waals surface area (Å²) in [6, 6.07) is 0. The molecule has 0 spiro atoms. The predicted molar refractivity (Wildman–Crippen MR) is 119 cm³/mol. The lowest BCUT2D eigenvalue weighted by atomic mass is 10.3. The van der Waals surface area contributed by atoms with Crippen molar-refractivity contribution in [1.82, 2.24) is 0 Å². The van der Waals surface area contributed by atoms with E-state index < -0.39 is 40.5 Å². The Kier molecular flexibility index (Phi) is 12.3. The van der Waals surface area contributed by atoms with Gasteiger partial charge in [-0.15, -0.1) is 0 Å². The minimum atomic E-state index is -2.81. The number of hydrogen-bond acceptors (Lipinski definition) is 9. The minimum Gasteiger partial charge on any atom is -0.462 e. The molecule has 0 N–H and O–H groups in total. The predicted octanol–water partition coefficient (Wildman–Crippen LogP) is 2.60. The zero-order valence-corrected chi connectivity index (χ0v) is 21.7. The van der Waals surface area contributed by atoms with Gasteiger partial charge < -0.3 is 23.1 Å². The van der Waals surface area contributed by atoms with Crippen LogP contribution in [0.2, 0.25) is 26.2 Å².